The second-order valence-corrected chi connectivity index (χ2v) is 5.05. The van der Waals surface area contributed by atoms with Crippen LogP contribution in [0.2, 0.25) is 0 Å². The maximum atomic E-state index is 9.40. The zero-order chi connectivity index (χ0) is 11.9. The van der Waals surface area contributed by atoms with E-state index in [-0.39, 0.29) is 12.6 Å². The smallest absolute Gasteiger partial charge is 0.0584 e. The summed E-state index contributed by atoms with van der Waals surface area (Å²) in [6, 6.07) is 11.4. The molecule has 1 saturated carbocycles. The molecular formula is C15H23NO. The van der Waals surface area contributed by atoms with E-state index in [2.05, 4.69) is 29.6 Å². The first-order chi connectivity index (χ1) is 8.38. The Hall–Kier alpha value is -0.860. The van der Waals surface area contributed by atoms with Gasteiger partial charge >= 0.3 is 0 Å². The maximum absolute atomic E-state index is 9.40. The van der Waals surface area contributed by atoms with Gasteiger partial charge in [-0.25, -0.2) is 0 Å². The van der Waals surface area contributed by atoms with Crippen LogP contribution in [0.4, 0.5) is 0 Å². The lowest BCUT2D eigenvalue weighted by atomic mass is 10.0. The van der Waals surface area contributed by atoms with Crippen LogP contribution in [0.15, 0.2) is 30.3 Å². The van der Waals surface area contributed by atoms with Gasteiger partial charge in [-0.15, -0.1) is 0 Å². The number of nitrogens with one attached hydrogen (secondary N) is 1. The van der Waals surface area contributed by atoms with Crippen molar-refractivity contribution in [3.8, 4) is 0 Å². The van der Waals surface area contributed by atoms with Gasteiger partial charge in [0.2, 0.25) is 0 Å². The molecule has 2 nitrogen and oxygen atoms in total. The number of hydrogen-bond donors (Lipinski definition) is 2. The van der Waals surface area contributed by atoms with Crippen molar-refractivity contribution in [2.45, 2.75) is 50.6 Å². The average Bonchev–Trinajstić information content (AvgIpc) is 2.88. The van der Waals surface area contributed by atoms with Crippen molar-refractivity contribution in [1.29, 1.82) is 0 Å². The van der Waals surface area contributed by atoms with Gasteiger partial charge in [-0.05, 0) is 31.2 Å². The van der Waals surface area contributed by atoms with Gasteiger partial charge in [0, 0.05) is 12.1 Å². The summed E-state index contributed by atoms with van der Waals surface area (Å²) in [4.78, 5) is 0. The highest BCUT2D eigenvalue weighted by atomic mass is 16.3. The second kappa shape index (κ2) is 6.77. The molecule has 1 atom stereocenters. The number of rotatable bonds is 6. The van der Waals surface area contributed by atoms with E-state index in [1.807, 2.05) is 6.07 Å². The maximum Gasteiger partial charge on any atom is 0.0584 e. The molecule has 0 bridgehead atoms. The summed E-state index contributed by atoms with van der Waals surface area (Å²) in [6.45, 7) is 0.253. The van der Waals surface area contributed by atoms with Crippen molar-refractivity contribution in [1.82, 2.24) is 5.32 Å². The van der Waals surface area contributed by atoms with E-state index < -0.39 is 0 Å². The first kappa shape index (κ1) is 12.6. The average molecular weight is 233 g/mol. The summed E-state index contributed by atoms with van der Waals surface area (Å²) in [5.74, 6) is 0. The van der Waals surface area contributed by atoms with E-state index >= 15 is 0 Å². The normalized spacial score (nSPS) is 18.4. The molecule has 1 aromatic carbocycles. The molecule has 0 radical (unpaired) electrons. The topological polar surface area (TPSA) is 32.3 Å². The minimum atomic E-state index is 0.253. The van der Waals surface area contributed by atoms with Crippen molar-refractivity contribution in [3.05, 3.63) is 35.9 Å². The molecule has 1 aliphatic carbocycles. The Kier molecular flexibility index (Phi) is 5.02. The van der Waals surface area contributed by atoms with Gasteiger partial charge in [-0.3, -0.25) is 0 Å². The number of aliphatic hydroxyl groups is 1. The molecule has 0 amide bonds. The van der Waals surface area contributed by atoms with Gasteiger partial charge in [-0.1, -0.05) is 43.2 Å². The van der Waals surface area contributed by atoms with Crippen molar-refractivity contribution in [2.75, 3.05) is 6.61 Å². The second-order valence-electron chi connectivity index (χ2n) is 5.05. The summed E-state index contributed by atoms with van der Waals surface area (Å²) in [5.41, 5.74) is 1.36. The van der Waals surface area contributed by atoms with Gasteiger partial charge in [0.1, 0.15) is 0 Å². The van der Waals surface area contributed by atoms with E-state index in [0.717, 1.165) is 12.8 Å². The Bertz CT molecular complexity index is 306. The predicted octanol–water partition coefficient (Wildman–Crippen LogP) is 2.51. The van der Waals surface area contributed by atoms with Crippen molar-refractivity contribution in [2.24, 2.45) is 0 Å². The third kappa shape index (κ3) is 4.14. The monoisotopic (exact) mass is 233 g/mol. The van der Waals surface area contributed by atoms with Crippen molar-refractivity contribution >= 4 is 0 Å². The molecule has 94 valence electrons. The first-order valence-electron chi connectivity index (χ1n) is 6.79. The van der Waals surface area contributed by atoms with Crippen LogP contribution in [0.5, 0.6) is 0 Å². The molecule has 1 aromatic rings. The minimum Gasteiger partial charge on any atom is -0.395 e. The molecule has 2 rings (SSSR count). The highest BCUT2D eigenvalue weighted by molar-refractivity contribution is 5.14. The van der Waals surface area contributed by atoms with E-state index in [1.54, 1.807) is 0 Å². The van der Waals surface area contributed by atoms with Crippen LogP contribution in [0.3, 0.4) is 0 Å². The molecule has 2 heteroatoms. The zero-order valence-corrected chi connectivity index (χ0v) is 10.4. The molecular weight excluding hydrogens is 210 g/mol. The van der Waals surface area contributed by atoms with Crippen LogP contribution in [-0.2, 0) is 6.42 Å². The molecule has 2 N–H and O–H groups in total. The number of aryl methyl sites for hydroxylation is 1. The van der Waals surface area contributed by atoms with Crippen LogP contribution in [0.1, 0.15) is 37.7 Å². The Morgan fingerprint density at radius 3 is 2.53 bits per heavy atom. The molecule has 0 aromatic heterocycles. The van der Waals surface area contributed by atoms with E-state index in [4.69, 9.17) is 0 Å². The van der Waals surface area contributed by atoms with Crippen LogP contribution in [0.25, 0.3) is 0 Å². The Balaban J connectivity index is 1.75. The lowest BCUT2D eigenvalue weighted by Gasteiger charge is -2.21. The third-order valence-electron chi connectivity index (χ3n) is 3.67. The predicted molar refractivity (Wildman–Crippen MR) is 71.0 cm³/mol. The number of aliphatic hydroxyl groups excluding tert-OH is 1. The largest absolute Gasteiger partial charge is 0.395 e. The summed E-state index contributed by atoms with van der Waals surface area (Å²) in [7, 11) is 0. The quantitative estimate of drug-likeness (QED) is 0.791. The fourth-order valence-corrected chi connectivity index (χ4v) is 2.64. The van der Waals surface area contributed by atoms with Crippen LogP contribution in [-0.4, -0.2) is 23.8 Å². The van der Waals surface area contributed by atoms with E-state index in [9.17, 15) is 5.11 Å². The first-order valence-corrected chi connectivity index (χ1v) is 6.79. The summed E-state index contributed by atoms with van der Waals surface area (Å²) >= 11 is 0. The van der Waals surface area contributed by atoms with E-state index in [0.29, 0.717) is 6.04 Å². The fraction of sp³-hybridized carbons (Fsp3) is 0.600. The molecule has 17 heavy (non-hydrogen) atoms. The standard InChI is InChI=1S/C15H23NO/c17-12-15(16-14-8-4-5-9-14)11-10-13-6-2-1-3-7-13/h1-3,6-7,14-17H,4-5,8-12H2. The van der Waals surface area contributed by atoms with E-state index in [1.165, 1.54) is 31.2 Å². The lowest BCUT2D eigenvalue weighted by molar-refractivity contribution is 0.224. The molecule has 0 saturated heterocycles. The highest BCUT2D eigenvalue weighted by Crippen LogP contribution is 2.18. The summed E-state index contributed by atoms with van der Waals surface area (Å²) in [6.07, 6.45) is 7.31. The number of hydrogen-bond acceptors (Lipinski definition) is 2. The highest BCUT2D eigenvalue weighted by Gasteiger charge is 2.18. The van der Waals surface area contributed by atoms with Gasteiger partial charge in [0.05, 0.1) is 6.61 Å². The Labute approximate surface area is 104 Å². The minimum absolute atomic E-state index is 0.253. The Morgan fingerprint density at radius 2 is 1.88 bits per heavy atom. The Morgan fingerprint density at radius 1 is 1.18 bits per heavy atom. The summed E-state index contributed by atoms with van der Waals surface area (Å²) in [5, 5.41) is 13.0. The molecule has 0 spiro atoms. The van der Waals surface area contributed by atoms with Crippen LogP contribution >= 0.6 is 0 Å². The fourth-order valence-electron chi connectivity index (χ4n) is 2.64. The third-order valence-corrected chi connectivity index (χ3v) is 3.67. The molecule has 1 aliphatic rings. The summed E-state index contributed by atoms with van der Waals surface area (Å²) < 4.78 is 0. The molecule has 1 unspecified atom stereocenters. The SMILES string of the molecule is OCC(CCc1ccccc1)NC1CCCC1. The van der Waals surface area contributed by atoms with Gasteiger partial charge in [0.15, 0.2) is 0 Å². The molecule has 0 aliphatic heterocycles. The molecule has 1 fully saturated rings. The lowest BCUT2D eigenvalue weighted by Crippen LogP contribution is -2.39. The van der Waals surface area contributed by atoms with Gasteiger partial charge in [-0.2, -0.15) is 0 Å². The number of benzene rings is 1. The van der Waals surface area contributed by atoms with Gasteiger partial charge in [0.25, 0.3) is 0 Å². The van der Waals surface area contributed by atoms with Crippen LogP contribution < -0.4 is 5.32 Å². The van der Waals surface area contributed by atoms with Gasteiger partial charge < -0.3 is 10.4 Å². The zero-order valence-electron chi connectivity index (χ0n) is 10.4. The van der Waals surface area contributed by atoms with Crippen molar-refractivity contribution < 1.29 is 5.11 Å². The van der Waals surface area contributed by atoms with Crippen LogP contribution in [0, 0.1) is 0 Å². The molecule has 0 heterocycles. The van der Waals surface area contributed by atoms with Crippen molar-refractivity contribution in [3.63, 3.8) is 0 Å².